The number of hydrogen-bond acceptors (Lipinski definition) is 9. The van der Waals surface area contributed by atoms with E-state index >= 15 is 0 Å². The Hall–Kier alpha value is -4.14. The van der Waals surface area contributed by atoms with Gasteiger partial charge in [-0.3, -0.25) is 0 Å². The molecule has 33 heavy (non-hydrogen) atoms. The van der Waals surface area contributed by atoms with Gasteiger partial charge in [0.25, 0.3) is 0 Å². The molecule has 0 fully saturated rings. The fourth-order valence-corrected chi connectivity index (χ4v) is 2.89. The number of ether oxygens (including phenoxy) is 7. The maximum Gasteiger partial charge on any atom is 0.338 e. The van der Waals surface area contributed by atoms with Crippen LogP contribution in [0.1, 0.15) is 11.1 Å². The molecule has 0 N–H and O–H groups in total. The van der Waals surface area contributed by atoms with Crippen molar-refractivity contribution in [3.8, 4) is 34.5 Å². The number of carbonyl (C=O) groups excluding carboxylic acids is 2. The molecule has 2 rings (SSSR count). The van der Waals surface area contributed by atoms with E-state index in [2.05, 4.69) is 0 Å². The molecule has 0 heterocycles. The molecule has 0 amide bonds. The van der Waals surface area contributed by atoms with Crippen LogP contribution in [0, 0.1) is 0 Å². The van der Waals surface area contributed by atoms with Gasteiger partial charge in [0.05, 0.1) is 42.7 Å². The van der Waals surface area contributed by atoms with Crippen LogP contribution in [0.25, 0.3) is 12.2 Å². The van der Waals surface area contributed by atoms with E-state index in [0.717, 1.165) is 12.2 Å². The summed E-state index contributed by atoms with van der Waals surface area (Å²) < 4.78 is 36.4. The predicted molar refractivity (Wildman–Crippen MR) is 121 cm³/mol. The monoisotopic (exact) mass is 458 g/mol. The van der Waals surface area contributed by atoms with E-state index < -0.39 is 11.9 Å². The van der Waals surface area contributed by atoms with E-state index in [4.69, 9.17) is 33.2 Å². The number of rotatable bonds is 10. The van der Waals surface area contributed by atoms with Crippen LogP contribution in [0.15, 0.2) is 36.4 Å². The van der Waals surface area contributed by atoms with E-state index in [1.807, 2.05) is 0 Å². The van der Waals surface area contributed by atoms with Gasteiger partial charge in [-0.15, -0.1) is 0 Å². The molecule has 9 heteroatoms. The zero-order valence-electron chi connectivity index (χ0n) is 19.3. The van der Waals surface area contributed by atoms with E-state index in [1.54, 1.807) is 24.3 Å². The second-order valence-electron chi connectivity index (χ2n) is 6.32. The molecule has 0 radical (unpaired) electrons. The molecule has 9 nitrogen and oxygen atoms in total. The van der Waals surface area contributed by atoms with Gasteiger partial charge in [-0.05, 0) is 47.5 Å². The Kier molecular flexibility index (Phi) is 9.17. The van der Waals surface area contributed by atoms with Crippen LogP contribution in [0.3, 0.4) is 0 Å². The minimum absolute atomic E-state index is 0.423. The summed E-state index contributed by atoms with van der Waals surface area (Å²) in [6, 6.07) is 6.60. The van der Waals surface area contributed by atoms with E-state index in [9.17, 15) is 9.59 Å². The number of carbonyl (C=O) groups is 2. The quantitative estimate of drug-likeness (QED) is 0.301. The second kappa shape index (κ2) is 12.0. The van der Waals surface area contributed by atoms with Crippen LogP contribution in [0.4, 0.5) is 0 Å². The van der Waals surface area contributed by atoms with Crippen molar-refractivity contribution >= 4 is 24.1 Å². The standard InChI is InChI=1S/C24H26O9/c1-27-17-11-15(12-18(28-2)23(17)31-5)7-9-21(25)33-22(26)10-8-16-13-19(29-3)24(32-6)20(14-16)30-4/h7-14H,1-6H3/b9-7-,10-8+. The van der Waals surface area contributed by atoms with Crippen molar-refractivity contribution in [1.29, 1.82) is 0 Å². The number of methoxy groups -OCH3 is 6. The topological polar surface area (TPSA) is 98.8 Å². The van der Waals surface area contributed by atoms with Gasteiger partial charge in [0, 0.05) is 12.2 Å². The molecule has 0 saturated heterocycles. The van der Waals surface area contributed by atoms with E-state index in [1.165, 1.54) is 54.8 Å². The summed E-state index contributed by atoms with van der Waals surface area (Å²) in [5.41, 5.74) is 1.17. The highest BCUT2D eigenvalue weighted by molar-refractivity contribution is 6.00. The molecule has 0 bridgehead atoms. The van der Waals surface area contributed by atoms with Crippen molar-refractivity contribution in [3.05, 3.63) is 47.5 Å². The lowest BCUT2D eigenvalue weighted by Crippen LogP contribution is -2.07. The fraction of sp³-hybridized carbons (Fsp3) is 0.250. The van der Waals surface area contributed by atoms with Crippen LogP contribution in [-0.4, -0.2) is 54.6 Å². The highest BCUT2D eigenvalue weighted by Gasteiger charge is 2.14. The first kappa shape index (κ1) is 25.1. The lowest BCUT2D eigenvalue weighted by Gasteiger charge is -2.12. The molecule has 0 aliphatic rings. The van der Waals surface area contributed by atoms with Crippen molar-refractivity contribution in [1.82, 2.24) is 0 Å². The van der Waals surface area contributed by atoms with Crippen molar-refractivity contribution < 1.29 is 42.7 Å². The van der Waals surface area contributed by atoms with Gasteiger partial charge >= 0.3 is 11.9 Å². The van der Waals surface area contributed by atoms with Crippen molar-refractivity contribution in [2.45, 2.75) is 0 Å². The minimum atomic E-state index is -0.844. The predicted octanol–water partition coefficient (Wildman–Crippen LogP) is 3.53. The van der Waals surface area contributed by atoms with E-state index in [0.29, 0.717) is 45.6 Å². The van der Waals surface area contributed by atoms with Crippen molar-refractivity contribution in [3.63, 3.8) is 0 Å². The largest absolute Gasteiger partial charge is 0.493 e. The molecule has 0 atom stereocenters. The molecule has 0 aromatic heterocycles. The molecule has 2 aromatic rings. The van der Waals surface area contributed by atoms with Crippen LogP contribution in [0.2, 0.25) is 0 Å². The Balaban J connectivity index is 2.10. The van der Waals surface area contributed by atoms with Crippen LogP contribution < -0.4 is 28.4 Å². The van der Waals surface area contributed by atoms with E-state index in [-0.39, 0.29) is 0 Å². The van der Waals surface area contributed by atoms with Crippen molar-refractivity contribution in [2.24, 2.45) is 0 Å². The molecule has 2 aromatic carbocycles. The van der Waals surface area contributed by atoms with Gasteiger partial charge in [-0.1, -0.05) is 0 Å². The molecule has 0 aliphatic heterocycles. The van der Waals surface area contributed by atoms with Crippen molar-refractivity contribution in [2.75, 3.05) is 42.7 Å². The van der Waals surface area contributed by atoms with Gasteiger partial charge in [0.1, 0.15) is 0 Å². The first-order valence-electron chi connectivity index (χ1n) is 9.62. The second-order valence-corrected chi connectivity index (χ2v) is 6.32. The Morgan fingerprint density at radius 1 is 0.545 bits per heavy atom. The zero-order chi connectivity index (χ0) is 24.4. The molecular formula is C24H26O9. The van der Waals surface area contributed by atoms with Gasteiger partial charge in [0.2, 0.25) is 11.5 Å². The average molecular weight is 458 g/mol. The lowest BCUT2D eigenvalue weighted by molar-refractivity contribution is -0.152. The Bertz CT molecular complexity index is 920. The maximum atomic E-state index is 12.0. The highest BCUT2D eigenvalue weighted by Crippen LogP contribution is 2.39. The molecule has 0 aliphatic carbocycles. The molecule has 0 saturated carbocycles. The number of esters is 2. The summed E-state index contributed by atoms with van der Waals surface area (Å²) in [7, 11) is 8.92. The highest BCUT2D eigenvalue weighted by atomic mass is 16.6. The first-order chi connectivity index (χ1) is 15.9. The Labute approximate surface area is 192 Å². The van der Waals surface area contributed by atoms with Crippen LogP contribution >= 0.6 is 0 Å². The normalized spacial score (nSPS) is 10.7. The molecule has 0 unspecified atom stereocenters. The molecule has 176 valence electrons. The Morgan fingerprint density at radius 3 is 1.09 bits per heavy atom. The van der Waals surface area contributed by atoms with Crippen LogP contribution in [-0.2, 0) is 14.3 Å². The minimum Gasteiger partial charge on any atom is -0.493 e. The fourth-order valence-electron chi connectivity index (χ4n) is 2.89. The van der Waals surface area contributed by atoms with Crippen LogP contribution in [0.5, 0.6) is 34.5 Å². The summed E-state index contributed by atoms with van der Waals surface area (Å²) in [6.07, 6.45) is 5.16. The summed E-state index contributed by atoms with van der Waals surface area (Å²) in [4.78, 5) is 24.1. The average Bonchev–Trinajstić information content (AvgIpc) is 2.84. The summed E-state index contributed by atoms with van der Waals surface area (Å²) >= 11 is 0. The van der Waals surface area contributed by atoms with Gasteiger partial charge in [-0.25, -0.2) is 9.59 Å². The number of hydrogen-bond donors (Lipinski definition) is 0. The maximum absolute atomic E-state index is 12.0. The zero-order valence-corrected chi connectivity index (χ0v) is 19.3. The van der Waals surface area contributed by atoms with Gasteiger partial charge in [0.15, 0.2) is 23.0 Å². The lowest BCUT2D eigenvalue weighted by atomic mass is 10.1. The summed E-state index contributed by atoms with van der Waals surface area (Å²) in [6.45, 7) is 0. The third-order valence-electron chi connectivity index (χ3n) is 4.40. The Morgan fingerprint density at radius 2 is 0.848 bits per heavy atom. The SMILES string of the molecule is COc1cc(/C=C\C(=O)OC(=O)/C=C/c2cc(OC)c(OC)c(OC)c2)cc(OC)c1OC. The van der Waals surface area contributed by atoms with Gasteiger partial charge in [-0.2, -0.15) is 0 Å². The summed E-state index contributed by atoms with van der Waals surface area (Å²) in [5.74, 6) is 0.858. The smallest absolute Gasteiger partial charge is 0.338 e. The van der Waals surface area contributed by atoms with Gasteiger partial charge < -0.3 is 33.2 Å². The molecule has 0 spiro atoms. The third kappa shape index (κ3) is 6.42. The third-order valence-corrected chi connectivity index (χ3v) is 4.40. The number of benzene rings is 2. The summed E-state index contributed by atoms with van der Waals surface area (Å²) in [5, 5.41) is 0. The first-order valence-corrected chi connectivity index (χ1v) is 9.62. The molecular weight excluding hydrogens is 432 g/mol.